The molecule has 1 fully saturated rings. The van der Waals surface area contributed by atoms with E-state index in [1.807, 2.05) is 13.8 Å². The normalized spacial score (nSPS) is 24.9. The lowest BCUT2D eigenvalue weighted by atomic mass is 10.1. The highest BCUT2D eigenvalue weighted by Gasteiger charge is 2.15. The maximum absolute atomic E-state index is 5.87. The highest BCUT2D eigenvalue weighted by molar-refractivity contribution is 4.73. The van der Waals surface area contributed by atoms with Crippen LogP contribution in [0, 0.1) is 0 Å². The smallest absolute Gasteiger partial charge is 0.00514 e. The molecule has 1 saturated heterocycles. The zero-order chi connectivity index (χ0) is 10.3. The van der Waals surface area contributed by atoms with Gasteiger partial charge in [-0.15, -0.1) is 0 Å². The Balaban J connectivity index is 0.000000671. The van der Waals surface area contributed by atoms with Gasteiger partial charge in [0.15, 0.2) is 0 Å². The first kappa shape index (κ1) is 12.9. The molecule has 0 saturated carbocycles. The SMILES string of the molecule is CC.CC(C)N1CCCC(N)CC1. The van der Waals surface area contributed by atoms with E-state index < -0.39 is 0 Å². The number of hydrogen-bond acceptors (Lipinski definition) is 2. The predicted octanol–water partition coefficient (Wildman–Crippen LogP) is 2.23. The topological polar surface area (TPSA) is 29.3 Å². The van der Waals surface area contributed by atoms with Crippen LogP contribution >= 0.6 is 0 Å². The maximum Gasteiger partial charge on any atom is 0.00514 e. The van der Waals surface area contributed by atoms with Crippen LogP contribution in [-0.2, 0) is 0 Å². The monoisotopic (exact) mass is 186 g/mol. The Labute approximate surface area is 83.5 Å². The third-order valence-corrected chi connectivity index (χ3v) is 2.54. The van der Waals surface area contributed by atoms with E-state index in [-0.39, 0.29) is 0 Å². The summed E-state index contributed by atoms with van der Waals surface area (Å²) in [5.41, 5.74) is 5.87. The minimum atomic E-state index is 0.457. The average Bonchev–Trinajstić information content (AvgIpc) is 2.33. The van der Waals surface area contributed by atoms with Crippen LogP contribution in [-0.4, -0.2) is 30.1 Å². The van der Waals surface area contributed by atoms with Gasteiger partial charge in [0.2, 0.25) is 0 Å². The molecule has 0 spiro atoms. The Morgan fingerprint density at radius 1 is 1.15 bits per heavy atom. The molecule has 2 nitrogen and oxygen atoms in total. The molecule has 0 aromatic rings. The van der Waals surface area contributed by atoms with Crippen molar-refractivity contribution in [1.29, 1.82) is 0 Å². The summed E-state index contributed by atoms with van der Waals surface area (Å²) in [6, 6.07) is 1.15. The molecule has 0 aromatic carbocycles. The van der Waals surface area contributed by atoms with Gasteiger partial charge in [-0.05, 0) is 46.2 Å². The molecule has 1 aliphatic rings. The third-order valence-electron chi connectivity index (χ3n) is 2.54. The van der Waals surface area contributed by atoms with E-state index in [9.17, 15) is 0 Å². The van der Waals surface area contributed by atoms with Gasteiger partial charge in [0.25, 0.3) is 0 Å². The number of likely N-dealkylation sites (tertiary alicyclic amines) is 1. The lowest BCUT2D eigenvalue weighted by Crippen LogP contribution is -2.32. The Morgan fingerprint density at radius 2 is 1.77 bits per heavy atom. The van der Waals surface area contributed by atoms with Gasteiger partial charge in [-0.25, -0.2) is 0 Å². The van der Waals surface area contributed by atoms with E-state index in [4.69, 9.17) is 5.73 Å². The van der Waals surface area contributed by atoms with E-state index in [1.165, 1.54) is 32.4 Å². The van der Waals surface area contributed by atoms with E-state index in [1.54, 1.807) is 0 Å². The molecular weight excluding hydrogens is 160 g/mol. The third kappa shape index (κ3) is 5.27. The van der Waals surface area contributed by atoms with Crippen molar-refractivity contribution in [2.75, 3.05) is 13.1 Å². The fourth-order valence-electron chi connectivity index (χ4n) is 1.66. The van der Waals surface area contributed by atoms with Crippen molar-refractivity contribution < 1.29 is 0 Å². The van der Waals surface area contributed by atoms with Crippen LogP contribution in [0.15, 0.2) is 0 Å². The highest BCUT2D eigenvalue weighted by Crippen LogP contribution is 2.11. The summed E-state index contributed by atoms with van der Waals surface area (Å²) in [6.07, 6.45) is 3.67. The quantitative estimate of drug-likeness (QED) is 0.680. The summed E-state index contributed by atoms with van der Waals surface area (Å²) in [5, 5.41) is 0. The number of nitrogens with zero attached hydrogens (tertiary/aromatic N) is 1. The molecule has 0 bridgehead atoms. The number of hydrogen-bond donors (Lipinski definition) is 1. The van der Waals surface area contributed by atoms with Crippen LogP contribution in [0.3, 0.4) is 0 Å². The van der Waals surface area contributed by atoms with Crippen LogP contribution in [0.1, 0.15) is 47.0 Å². The summed E-state index contributed by atoms with van der Waals surface area (Å²) in [7, 11) is 0. The van der Waals surface area contributed by atoms with Crippen LogP contribution in [0.25, 0.3) is 0 Å². The predicted molar refractivity (Wildman–Crippen MR) is 59.9 cm³/mol. The molecular formula is C11H26N2. The summed E-state index contributed by atoms with van der Waals surface area (Å²) in [4.78, 5) is 2.52. The van der Waals surface area contributed by atoms with Crippen molar-refractivity contribution in [2.45, 2.75) is 59.0 Å². The van der Waals surface area contributed by atoms with Crippen molar-refractivity contribution in [1.82, 2.24) is 4.90 Å². The van der Waals surface area contributed by atoms with Crippen molar-refractivity contribution in [2.24, 2.45) is 5.73 Å². The van der Waals surface area contributed by atoms with Crippen molar-refractivity contribution in [3.8, 4) is 0 Å². The first-order chi connectivity index (χ1) is 6.20. The Morgan fingerprint density at radius 3 is 2.31 bits per heavy atom. The number of rotatable bonds is 1. The van der Waals surface area contributed by atoms with Crippen LogP contribution in [0.4, 0.5) is 0 Å². The van der Waals surface area contributed by atoms with Crippen LogP contribution in [0.5, 0.6) is 0 Å². The lowest BCUT2D eigenvalue weighted by molar-refractivity contribution is 0.230. The number of nitrogens with two attached hydrogens (primary N) is 1. The maximum atomic E-state index is 5.87. The van der Waals surface area contributed by atoms with Gasteiger partial charge >= 0.3 is 0 Å². The van der Waals surface area contributed by atoms with Gasteiger partial charge in [-0.1, -0.05) is 13.8 Å². The second-order valence-electron chi connectivity index (χ2n) is 3.82. The summed E-state index contributed by atoms with van der Waals surface area (Å²) in [6.45, 7) is 11.0. The van der Waals surface area contributed by atoms with Crippen LogP contribution in [0.2, 0.25) is 0 Å². The van der Waals surface area contributed by atoms with Gasteiger partial charge in [-0.3, -0.25) is 0 Å². The molecule has 1 rings (SSSR count). The second-order valence-corrected chi connectivity index (χ2v) is 3.82. The van der Waals surface area contributed by atoms with Gasteiger partial charge in [-0.2, -0.15) is 0 Å². The van der Waals surface area contributed by atoms with Crippen molar-refractivity contribution >= 4 is 0 Å². The fourth-order valence-corrected chi connectivity index (χ4v) is 1.66. The van der Waals surface area contributed by atoms with Gasteiger partial charge in [0.1, 0.15) is 0 Å². The molecule has 1 atom stereocenters. The largest absolute Gasteiger partial charge is 0.328 e. The van der Waals surface area contributed by atoms with Gasteiger partial charge in [0.05, 0.1) is 0 Å². The molecule has 1 unspecified atom stereocenters. The Hall–Kier alpha value is -0.0800. The molecule has 2 heteroatoms. The van der Waals surface area contributed by atoms with E-state index in [0.717, 1.165) is 0 Å². The Kier molecular flexibility index (Phi) is 7.29. The van der Waals surface area contributed by atoms with Crippen LogP contribution < -0.4 is 5.73 Å². The summed E-state index contributed by atoms with van der Waals surface area (Å²) < 4.78 is 0. The molecule has 0 aliphatic carbocycles. The molecule has 0 radical (unpaired) electrons. The zero-order valence-corrected chi connectivity index (χ0v) is 9.71. The van der Waals surface area contributed by atoms with Crippen molar-refractivity contribution in [3.63, 3.8) is 0 Å². The average molecular weight is 186 g/mol. The van der Waals surface area contributed by atoms with E-state index >= 15 is 0 Å². The molecule has 0 aromatic heterocycles. The Bertz CT molecular complexity index is 113. The summed E-state index contributed by atoms with van der Waals surface area (Å²) >= 11 is 0. The minimum Gasteiger partial charge on any atom is -0.328 e. The second kappa shape index (κ2) is 7.34. The first-order valence-electron chi connectivity index (χ1n) is 5.70. The van der Waals surface area contributed by atoms with Gasteiger partial charge < -0.3 is 10.6 Å². The molecule has 80 valence electrons. The lowest BCUT2D eigenvalue weighted by Gasteiger charge is -2.23. The fraction of sp³-hybridized carbons (Fsp3) is 1.00. The van der Waals surface area contributed by atoms with Crippen molar-refractivity contribution in [3.05, 3.63) is 0 Å². The standard InChI is InChI=1S/C9H20N2.C2H6/c1-8(2)11-6-3-4-9(10)5-7-11;1-2/h8-9H,3-7,10H2,1-2H3;1-2H3. The summed E-state index contributed by atoms with van der Waals surface area (Å²) in [5.74, 6) is 0. The first-order valence-corrected chi connectivity index (χ1v) is 5.70. The zero-order valence-electron chi connectivity index (χ0n) is 9.71. The molecule has 2 N–H and O–H groups in total. The highest BCUT2D eigenvalue weighted by atomic mass is 15.1. The molecule has 1 aliphatic heterocycles. The molecule has 0 amide bonds. The van der Waals surface area contributed by atoms with E-state index in [0.29, 0.717) is 12.1 Å². The molecule has 13 heavy (non-hydrogen) atoms. The van der Waals surface area contributed by atoms with E-state index in [2.05, 4.69) is 18.7 Å². The van der Waals surface area contributed by atoms with Gasteiger partial charge in [0, 0.05) is 12.1 Å². The molecule has 1 heterocycles. The minimum absolute atomic E-state index is 0.457.